The molecule has 1 aliphatic heterocycles. The zero-order valence-electron chi connectivity index (χ0n) is 6.78. The molecular weight excluding hydrogens is 128 g/mol. The Balaban J connectivity index is 2.39. The van der Waals surface area contributed by atoms with Gasteiger partial charge in [0.1, 0.15) is 0 Å². The van der Waals surface area contributed by atoms with Crippen molar-refractivity contribution in [3.63, 3.8) is 0 Å². The van der Waals surface area contributed by atoms with Gasteiger partial charge in [-0.3, -0.25) is 0 Å². The van der Waals surface area contributed by atoms with E-state index >= 15 is 0 Å². The normalized spacial score (nSPS) is 28.5. The first-order valence-electron chi connectivity index (χ1n) is 3.59. The van der Waals surface area contributed by atoms with E-state index in [1.165, 1.54) is 0 Å². The Hall–Kier alpha value is -0.160. The zero-order chi connectivity index (χ0) is 7.61. The van der Waals surface area contributed by atoms with E-state index in [4.69, 9.17) is 0 Å². The summed E-state index contributed by atoms with van der Waals surface area (Å²) in [7, 11) is 0. The molecular formula is C6H16N4. The predicted octanol–water partition coefficient (Wildman–Crippen LogP) is -0.482. The number of rotatable bonds is 0. The molecule has 4 N–H and O–H groups in total. The third kappa shape index (κ3) is 1.91. The first kappa shape index (κ1) is 7.94. The first-order chi connectivity index (χ1) is 4.61. The summed E-state index contributed by atoms with van der Waals surface area (Å²) in [6, 6.07) is 0.466. The molecule has 0 aromatic carbocycles. The van der Waals surface area contributed by atoms with E-state index in [0.717, 1.165) is 6.54 Å². The van der Waals surface area contributed by atoms with Gasteiger partial charge >= 0.3 is 0 Å². The predicted molar refractivity (Wildman–Crippen MR) is 40.7 cm³/mol. The molecule has 0 amide bonds. The van der Waals surface area contributed by atoms with E-state index in [1.54, 1.807) is 0 Å². The van der Waals surface area contributed by atoms with Crippen LogP contribution in [0.4, 0.5) is 0 Å². The number of nitrogens with one attached hydrogen (secondary N) is 4. The summed E-state index contributed by atoms with van der Waals surface area (Å²) in [5.74, 6) is 0. The fraction of sp³-hybridized carbons (Fsp3) is 1.00. The third-order valence-electron chi connectivity index (χ3n) is 1.75. The van der Waals surface area contributed by atoms with Crippen LogP contribution in [-0.4, -0.2) is 12.6 Å². The van der Waals surface area contributed by atoms with Gasteiger partial charge in [0.05, 0.1) is 0 Å². The van der Waals surface area contributed by atoms with Gasteiger partial charge < -0.3 is 0 Å². The molecule has 60 valence electrons. The topological polar surface area (TPSA) is 48.1 Å². The van der Waals surface area contributed by atoms with Crippen LogP contribution in [0.5, 0.6) is 0 Å². The summed E-state index contributed by atoms with van der Waals surface area (Å²) in [5, 5.41) is 0. The van der Waals surface area contributed by atoms with E-state index in [-0.39, 0.29) is 0 Å². The van der Waals surface area contributed by atoms with Gasteiger partial charge in [-0.2, -0.15) is 11.1 Å². The highest BCUT2D eigenvalue weighted by Crippen LogP contribution is 2.18. The third-order valence-corrected chi connectivity index (χ3v) is 1.75. The van der Waals surface area contributed by atoms with Crippen molar-refractivity contribution >= 4 is 0 Å². The van der Waals surface area contributed by atoms with Crippen molar-refractivity contribution in [1.29, 1.82) is 0 Å². The molecule has 0 bridgehead atoms. The van der Waals surface area contributed by atoms with Crippen LogP contribution in [0.15, 0.2) is 0 Å². The molecule has 1 rings (SSSR count). The molecule has 1 unspecified atom stereocenters. The maximum atomic E-state index is 3.14. The highest BCUT2D eigenvalue weighted by molar-refractivity contribution is 4.81. The van der Waals surface area contributed by atoms with Crippen molar-refractivity contribution in [2.45, 2.75) is 26.8 Å². The molecule has 0 aliphatic carbocycles. The Morgan fingerprint density at radius 1 is 1.20 bits per heavy atom. The molecule has 0 aromatic rings. The lowest BCUT2D eigenvalue weighted by atomic mass is 9.87. The SMILES string of the molecule is CC(C)(C)C1CNNNN1. The monoisotopic (exact) mass is 144 g/mol. The van der Waals surface area contributed by atoms with E-state index < -0.39 is 0 Å². The Bertz CT molecular complexity index is 101. The fourth-order valence-corrected chi connectivity index (χ4v) is 0.894. The average molecular weight is 144 g/mol. The van der Waals surface area contributed by atoms with Crippen LogP contribution in [0.1, 0.15) is 20.8 Å². The summed E-state index contributed by atoms with van der Waals surface area (Å²) in [5.41, 5.74) is 12.1. The quantitative estimate of drug-likeness (QED) is 0.371. The van der Waals surface area contributed by atoms with Crippen LogP contribution in [-0.2, 0) is 0 Å². The maximum absolute atomic E-state index is 3.14. The van der Waals surface area contributed by atoms with Crippen molar-refractivity contribution in [2.75, 3.05) is 6.54 Å². The van der Waals surface area contributed by atoms with Crippen LogP contribution in [0.3, 0.4) is 0 Å². The van der Waals surface area contributed by atoms with Crippen LogP contribution >= 0.6 is 0 Å². The lowest BCUT2D eigenvalue weighted by molar-refractivity contribution is 0.160. The summed E-state index contributed by atoms with van der Waals surface area (Å²) >= 11 is 0. The molecule has 0 saturated carbocycles. The van der Waals surface area contributed by atoms with Crippen molar-refractivity contribution in [2.24, 2.45) is 5.41 Å². The molecule has 1 aliphatic rings. The summed E-state index contributed by atoms with van der Waals surface area (Å²) in [4.78, 5) is 0. The Morgan fingerprint density at radius 3 is 2.20 bits per heavy atom. The molecule has 4 heteroatoms. The number of hydrogen-bond donors (Lipinski definition) is 4. The number of hydrogen-bond acceptors (Lipinski definition) is 4. The van der Waals surface area contributed by atoms with E-state index in [0.29, 0.717) is 11.5 Å². The van der Waals surface area contributed by atoms with E-state index in [9.17, 15) is 0 Å². The molecule has 0 radical (unpaired) electrons. The van der Waals surface area contributed by atoms with Crippen LogP contribution in [0.25, 0.3) is 0 Å². The summed E-state index contributed by atoms with van der Waals surface area (Å²) in [6.07, 6.45) is 0. The molecule has 0 aromatic heterocycles. The van der Waals surface area contributed by atoms with Gasteiger partial charge in [-0.25, -0.2) is 10.9 Å². The summed E-state index contributed by atoms with van der Waals surface area (Å²) in [6.45, 7) is 7.56. The highest BCUT2D eigenvalue weighted by Gasteiger charge is 2.25. The molecule has 0 spiro atoms. The second-order valence-corrected chi connectivity index (χ2v) is 3.69. The second-order valence-electron chi connectivity index (χ2n) is 3.69. The van der Waals surface area contributed by atoms with Crippen molar-refractivity contribution in [1.82, 2.24) is 21.9 Å². The van der Waals surface area contributed by atoms with Gasteiger partial charge in [-0.15, -0.1) is 0 Å². The first-order valence-corrected chi connectivity index (χ1v) is 3.59. The molecule has 1 heterocycles. The molecule has 10 heavy (non-hydrogen) atoms. The van der Waals surface area contributed by atoms with Gasteiger partial charge in [-0.1, -0.05) is 20.8 Å². The molecule has 1 saturated heterocycles. The Labute approximate surface area is 61.7 Å². The minimum absolute atomic E-state index is 0.294. The van der Waals surface area contributed by atoms with Crippen molar-refractivity contribution in [3.8, 4) is 0 Å². The Morgan fingerprint density at radius 2 is 1.90 bits per heavy atom. The minimum atomic E-state index is 0.294. The van der Waals surface area contributed by atoms with Crippen LogP contribution in [0.2, 0.25) is 0 Å². The van der Waals surface area contributed by atoms with Gasteiger partial charge in [-0.05, 0) is 5.41 Å². The maximum Gasteiger partial charge on any atom is 0.0414 e. The molecule has 1 atom stereocenters. The lowest BCUT2D eigenvalue weighted by Crippen LogP contribution is -2.66. The highest BCUT2D eigenvalue weighted by atomic mass is 15.8. The van der Waals surface area contributed by atoms with Crippen molar-refractivity contribution < 1.29 is 0 Å². The average Bonchev–Trinajstić information content (AvgIpc) is 1.88. The smallest absolute Gasteiger partial charge is 0.0414 e. The number of hydrazine groups is 3. The van der Waals surface area contributed by atoms with E-state index in [2.05, 4.69) is 42.7 Å². The van der Waals surface area contributed by atoms with Gasteiger partial charge in [0.2, 0.25) is 0 Å². The van der Waals surface area contributed by atoms with Crippen LogP contribution < -0.4 is 21.9 Å². The Kier molecular flexibility index (Phi) is 2.25. The molecule has 1 fully saturated rings. The van der Waals surface area contributed by atoms with Crippen LogP contribution in [0, 0.1) is 5.41 Å². The second kappa shape index (κ2) is 2.84. The summed E-state index contributed by atoms with van der Waals surface area (Å²) < 4.78 is 0. The van der Waals surface area contributed by atoms with E-state index in [1.807, 2.05) is 0 Å². The zero-order valence-corrected chi connectivity index (χ0v) is 6.78. The minimum Gasteiger partial charge on any atom is -0.241 e. The van der Waals surface area contributed by atoms with Gasteiger partial charge in [0, 0.05) is 12.6 Å². The van der Waals surface area contributed by atoms with Gasteiger partial charge in [0.15, 0.2) is 0 Å². The standard InChI is InChI=1S/C6H16N4/c1-6(2,3)5-4-7-9-10-8-5/h5,7-10H,4H2,1-3H3. The lowest BCUT2D eigenvalue weighted by Gasteiger charge is -2.35. The van der Waals surface area contributed by atoms with Crippen molar-refractivity contribution in [3.05, 3.63) is 0 Å². The van der Waals surface area contributed by atoms with Gasteiger partial charge in [0.25, 0.3) is 0 Å². The largest absolute Gasteiger partial charge is 0.241 e. The fourth-order valence-electron chi connectivity index (χ4n) is 0.894. The molecule has 4 nitrogen and oxygen atoms in total.